The van der Waals surface area contributed by atoms with E-state index in [0.29, 0.717) is 0 Å². The fraction of sp³-hybridized carbons (Fsp3) is 0.750. The second kappa shape index (κ2) is 5.46. The molecule has 1 fully saturated rings. The summed E-state index contributed by atoms with van der Waals surface area (Å²) < 4.78 is 1.86. The number of hydrogen-bond acceptors (Lipinski definition) is 3. The van der Waals surface area contributed by atoms with Crippen LogP contribution in [0.5, 0.6) is 0 Å². The number of aromatic nitrogens is 2. The van der Waals surface area contributed by atoms with Crippen LogP contribution in [0.15, 0.2) is 12.4 Å². The highest BCUT2D eigenvalue weighted by molar-refractivity contribution is 5.02. The molecule has 0 aliphatic carbocycles. The fourth-order valence-corrected chi connectivity index (χ4v) is 2.32. The van der Waals surface area contributed by atoms with Gasteiger partial charge in [-0.3, -0.25) is 4.68 Å². The maximum Gasteiger partial charge on any atom is 0.0534 e. The minimum Gasteiger partial charge on any atom is -0.314 e. The van der Waals surface area contributed by atoms with Gasteiger partial charge in [-0.1, -0.05) is 0 Å². The van der Waals surface area contributed by atoms with Crippen LogP contribution in [0.3, 0.4) is 0 Å². The van der Waals surface area contributed by atoms with Crippen molar-refractivity contribution >= 4 is 0 Å². The molecule has 16 heavy (non-hydrogen) atoms. The van der Waals surface area contributed by atoms with Gasteiger partial charge in [0.1, 0.15) is 0 Å². The summed E-state index contributed by atoms with van der Waals surface area (Å²) in [7, 11) is 4.15. The molecule has 0 aromatic carbocycles. The first kappa shape index (κ1) is 11.6. The van der Waals surface area contributed by atoms with Gasteiger partial charge in [-0.05, 0) is 39.4 Å². The lowest BCUT2D eigenvalue weighted by Crippen LogP contribution is -2.28. The number of rotatable bonds is 5. The summed E-state index contributed by atoms with van der Waals surface area (Å²) in [4.78, 5) is 2.37. The lowest BCUT2D eigenvalue weighted by molar-refractivity contribution is 0.305. The minimum atomic E-state index is 0.747. The van der Waals surface area contributed by atoms with Gasteiger partial charge in [0.15, 0.2) is 0 Å². The molecule has 4 nitrogen and oxygen atoms in total. The van der Waals surface area contributed by atoms with Crippen LogP contribution in [0.25, 0.3) is 0 Å². The van der Waals surface area contributed by atoms with Gasteiger partial charge < -0.3 is 10.2 Å². The van der Waals surface area contributed by atoms with Crippen molar-refractivity contribution in [2.45, 2.75) is 31.8 Å². The molecule has 2 heterocycles. The zero-order chi connectivity index (χ0) is 11.4. The molecule has 4 heteroatoms. The van der Waals surface area contributed by atoms with Crippen LogP contribution < -0.4 is 5.32 Å². The van der Waals surface area contributed by atoms with E-state index >= 15 is 0 Å². The van der Waals surface area contributed by atoms with E-state index in [-0.39, 0.29) is 0 Å². The average Bonchev–Trinajstić information content (AvgIpc) is 2.87. The Bertz CT molecular complexity index is 315. The van der Waals surface area contributed by atoms with Crippen LogP contribution in [-0.2, 0) is 13.6 Å². The zero-order valence-electron chi connectivity index (χ0n) is 10.3. The highest BCUT2D eigenvalue weighted by atomic mass is 15.2. The molecule has 1 aromatic heterocycles. The molecule has 1 aromatic rings. The number of nitrogens with one attached hydrogen (secondary N) is 1. The van der Waals surface area contributed by atoms with E-state index in [1.165, 1.54) is 31.4 Å². The van der Waals surface area contributed by atoms with E-state index in [0.717, 1.165) is 19.1 Å². The number of hydrogen-bond donors (Lipinski definition) is 1. The van der Waals surface area contributed by atoms with E-state index < -0.39 is 0 Å². The summed E-state index contributed by atoms with van der Waals surface area (Å²) in [5.74, 6) is 0. The van der Waals surface area contributed by atoms with Crippen LogP contribution in [0.4, 0.5) is 0 Å². The summed E-state index contributed by atoms with van der Waals surface area (Å²) in [6, 6.07) is 0.747. The van der Waals surface area contributed by atoms with Crippen molar-refractivity contribution < 1.29 is 0 Å². The maximum absolute atomic E-state index is 4.18. The van der Waals surface area contributed by atoms with Crippen molar-refractivity contribution in [3.63, 3.8) is 0 Å². The van der Waals surface area contributed by atoms with Crippen molar-refractivity contribution in [1.82, 2.24) is 20.0 Å². The van der Waals surface area contributed by atoms with E-state index in [1.54, 1.807) is 0 Å². The molecule has 0 saturated carbocycles. The molecule has 1 aliphatic rings. The SMILES string of the molecule is CN(CCC1CCCN1)Cc1cnn(C)c1. The second-order valence-corrected chi connectivity index (χ2v) is 4.84. The van der Waals surface area contributed by atoms with E-state index in [4.69, 9.17) is 0 Å². The summed E-state index contributed by atoms with van der Waals surface area (Å²) in [6.07, 6.45) is 7.99. The molecule has 0 amide bonds. The zero-order valence-corrected chi connectivity index (χ0v) is 10.3. The Kier molecular flexibility index (Phi) is 3.96. The van der Waals surface area contributed by atoms with E-state index in [2.05, 4.69) is 28.6 Å². The largest absolute Gasteiger partial charge is 0.314 e. The monoisotopic (exact) mass is 222 g/mol. The lowest BCUT2D eigenvalue weighted by Gasteiger charge is -2.18. The average molecular weight is 222 g/mol. The first-order valence-electron chi connectivity index (χ1n) is 6.13. The van der Waals surface area contributed by atoms with Gasteiger partial charge in [-0.15, -0.1) is 0 Å². The van der Waals surface area contributed by atoms with Gasteiger partial charge in [0.25, 0.3) is 0 Å². The Morgan fingerprint density at radius 2 is 2.50 bits per heavy atom. The highest BCUT2D eigenvalue weighted by Gasteiger charge is 2.14. The number of nitrogens with zero attached hydrogens (tertiary/aromatic N) is 3. The van der Waals surface area contributed by atoms with Gasteiger partial charge in [-0.2, -0.15) is 5.10 Å². The van der Waals surface area contributed by atoms with Crippen molar-refractivity contribution in [3.8, 4) is 0 Å². The predicted octanol–water partition coefficient (Wildman–Crippen LogP) is 0.994. The Morgan fingerprint density at radius 1 is 1.62 bits per heavy atom. The third kappa shape index (κ3) is 3.32. The van der Waals surface area contributed by atoms with E-state index in [1.807, 2.05) is 17.9 Å². The minimum absolute atomic E-state index is 0.747. The molecular weight excluding hydrogens is 200 g/mol. The lowest BCUT2D eigenvalue weighted by atomic mass is 10.1. The Morgan fingerprint density at radius 3 is 3.12 bits per heavy atom. The van der Waals surface area contributed by atoms with Gasteiger partial charge in [-0.25, -0.2) is 0 Å². The topological polar surface area (TPSA) is 33.1 Å². The smallest absolute Gasteiger partial charge is 0.0534 e. The normalized spacial score (nSPS) is 20.8. The predicted molar refractivity (Wildman–Crippen MR) is 65.2 cm³/mol. The fourth-order valence-electron chi connectivity index (χ4n) is 2.32. The molecule has 2 rings (SSSR count). The summed E-state index contributed by atoms with van der Waals surface area (Å²) in [6.45, 7) is 3.37. The molecule has 1 unspecified atom stereocenters. The van der Waals surface area contributed by atoms with Crippen LogP contribution in [0.1, 0.15) is 24.8 Å². The third-order valence-corrected chi connectivity index (χ3v) is 3.23. The summed E-state index contributed by atoms with van der Waals surface area (Å²) in [5, 5.41) is 7.72. The molecule has 1 atom stereocenters. The van der Waals surface area contributed by atoms with Crippen LogP contribution >= 0.6 is 0 Å². The van der Waals surface area contributed by atoms with E-state index in [9.17, 15) is 0 Å². The molecule has 0 bridgehead atoms. The first-order valence-corrected chi connectivity index (χ1v) is 6.13. The summed E-state index contributed by atoms with van der Waals surface area (Å²) in [5.41, 5.74) is 1.30. The standard InChI is InChI=1S/C12H22N4/c1-15(7-5-12-4-3-6-13-12)9-11-8-14-16(2)10-11/h8,10,12-13H,3-7,9H2,1-2H3. The molecular formula is C12H22N4. The van der Waals surface area contributed by atoms with Crippen LogP contribution in [0.2, 0.25) is 0 Å². The maximum atomic E-state index is 4.18. The van der Waals surface area contributed by atoms with Crippen molar-refractivity contribution in [1.29, 1.82) is 0 Å². The quantitative estimate of drug-likeness (QED) is 0.806. The molecule has 1 N–H and O–H groups in total. The van der Waals surface area contributed by atoms with Gasteiger partial charge >= 0.3 is 0 Å². The molecule has 0 radical (unpaired) electrons. The van der Waals surface area contributed by atoms with Gasteiger partial charge in [0.05, 0.1) is 6.20 Å². The van der Waals surface area contributed by atoms with Crippen LogP contribution in [0, 0.1) is 0 Å². The van der Waals surface area contributed by atoms with Crippen molar-refractivity contribution in [3.05, 3.63) is 18.0 Å². The molecule has 90 valence electrons. The molecule has 1 saturated heterocycles. The van der Waals surface area contributed by atoms with Crippen LogP contribution in [-0.4, -0.2) is 40.9 Å². The Hall–Kier alpha value is -0.870. The molecule has 1 aliphatic heterocycles. The van der Waals surface area contributed by atoms with Crippen molar-refractivity contribution in [2.75, 3.05) is 20.1 Å². The van der Waals surface area contributed by atoms with Gasteiger partial charge in [0, 0.05) is 31.4 Å². The Balaban J connectivity index is 1.69. The van der Waals surface area contributed by atoms with Gasteiger partial charge in [0.2, 0.25) is 0 Å². The molecule has 0 spiro atoms. The Labute approximate surface area is 97.6 Å². The first-order chi connectivity index (χ1) is 7.74. The summed E-state index contributed by atoms with van der Waals surface area (Å²) >= 11 is 0. The highest BCUT2D eigenvalue weighted by Crippen LogP contribution is 2.10. The number of aryl methyl sites for hydroxylation is 1. The second-order valence-electron chi connectivity index (χ2n) is 4.84. The third-order valence-electron chi connectivity index (χ3n) is 3.23. The van der Waals surface area contributed by atoms with Crippen molar-refractivity contribution in [2.24, 2.45) is 7.05 Å².